The Morgan fingerprint density at radius 3 is 2.39 bits per heavy atom. The van der Waals surface area contributed by atoms with Crippen LogP contribution in [0.3, 0.4) is 0 Å². The van der Waals surface area contributed by atoms with Crippen molar-refractivity contribution in [1.29, 1.82) is 0 Å². The Morgan fingerprint density at radius 2 is 1.64 bits per heavy atom. The van der Waals surface area contributed by atoms with Crippen LogP contribution in [0, 0.1) is 6.92 Å². The summed E-state index contributed by atoms with van der Waals surface area (Å²) in [6.45, 7) is 5.00. The van der Waals surface area contributed by atoms with Crippen molar-refractivity contribution in [2.45, 2.75) is 19.7 Å². The number of hydrogen-bond donors (Lipinski definition) is 0. The average Bonchev–Trinajstić information content (AvgIpc) is 3.37. The molecule has 186 valence electrons. The number of hydrogen-bond acceptors (Lipinski definition) is 8. The van der Waals surface area contributed by atoms with E-state index in [4.69, 9.17) is 9.26 Å². The molecule has 0 unspecified atom stereocenters. The standard InChI is InChI=1S/C25H23F3N6O2/c1-17-14-21(31-24(29-17)34-12-10-33(11-13-34)20-8-3-2-4-9-20)35-16-22-30-23(32-36-22)18-6-5-7-19(15-18)25(26,27)28/h2-9,14-15H,10-13,16H2,1H3. The van der Waals surface area contributed by atoms with Gasteiger partial charge in [0.15, 0.2) is 6.61 Å². The Balaban J connectivity index is 1.23. The number of ether oxygens (including phenoxy) is 1. The number of anilines is 2. The van der Waals surface area contributed by atoms with Crippen LogP contribution >= 0.6 is 0 Å². The minimum absolute atomic E-state index is 0.0514. The van der Waals surface area contributed by atoms with Crippen LogP contribution in [0.1, 0.15) is 17.1 Å². The van der Waals surface area contributed by atoms with Crippen molar-refractivity contribution in [3.05, 3.63) is 77.8 Å². The van der Waals surface area contributed by atoms with E-state index in [1.807, 2.05) is 25.1 Å². The van der Waals surface area contributed by atoms with Crippen molar-refractivity contribution in [2.24, 2.45) is 0 Å². The maximum absolute atomic E-state index is 13.0. The first-order valence-corrected chi connectivity index (χ1v) is 11.4. The number of aromatic nitrogens is 4. The van der Waals surface area contributed by atoms with Crippen molar-refractivity contribution in [3.8, 4) is 17.3 Å². The van der Waals surface area contributed by atoms with Crippen LogP contribution in [-0.4, -0.2) is 46.3 Å². The summed E-state index contributed by atoms with van der Waals surface area (Å²) < 4.78 is 49.9. The number of aryl methyl sites for hydroxylation is 1. The normalized spacial score (nSPS) is 14.2. The van der Waals surface area contributed by atoms with E-state index in [1.54, 1.807) is 6.07 Å². The Morgan fingerprint density at radius 1 is 0.889 bits per heavy atom. The zero-order valence-electron chi connectivity index (χ0n) is 19.4. The third kappa shape index (κ3) is 5.40. The van der Waals surface area contributed by atoms with Crippen LogP contribution in [0.15, 0.2) is 65.2 Å². The molecule has 0 aliphatic carbocycles. The summed E-state index contributed by atoms with van der Waals surface area (Å²) in [7, 11) is 0. The van der Waals surface area contributed by atoms with E-state index in [0.29, 0.717) is 11.8 Å². The summed E-state index contributed by atoms with van der Waals surface area (Å²) in [4.78, 5) is 17.7. The molecule has 36 heavy (non-hydrogen) atoms. The topological polar surface area (TPSA) is 80.4 Å². The maximum Gasteiger partial charge on any atom is 0.416 e. The van der Waals surface area contributed by atoms with Gasteiger partial charge in [-0.05, 0) is 31.2 Å². The number of nitrogens with zero attached hydrogens (tertiary/aromatic N) is 6. The van der Waals surface area contributed by atoms with Gasteiger partial charge < -0.3 is 19.1 Å². The van der Waals surface area contributed by atoms with E-state index >= 15 is 0 Å². The molecular weight excluding hydrogens is 473 g/mol. The van der Waals surface area contributed by atoms with Gasteiger partial charge in [-0.15, -0.1) is 0 Å². The predicted molar refractivity (Wildman–Crippen MR) is 127 cm³/mol. The van der Waals surface area contributed by atoms with Gasteiger partial charge in [-0.3, -0.25) is 0 Å². The summed E-state index contributed by atoms with van der Waals surface area (Å²) in [6, 6.07) is 16.7. The molecule has 1 saturated heterocycles. The highest BCUT2D eigenvalue weighted by molar-refractivity contribution is 5.55. The van der Waals surface area contributed by atoms with Crippen LogP contribution in [0.5, 0.6) is 5.88 Å². The van der Waals surface area contributed by atoms with Crippen LogP contribution in [-0.2, 0) is 12.8 Å². The number of para-hydroxylation sites is 1. The first kappa shape index (κ1) is 23.6. The highest BCUT2D eigenvalue weighted by Crippen LogP contribution is 2.31. The molecule has 5 rings (SSSR count). The molecule has 0 N–H and O–H groups in total. The minimum atomic E-state index is -4.46. The second-order valence-corrected chi connectivity index (χ2v) is 8.34. The van der Waals surface area contributed by atoms with Crippen molar-refractivity contribution >= 4 is 11.6 Å². The van der Waals surface area contributed by atoms with Crippen molar-refractivity contribution in [3.63, 3.8) is 0 Å². The van der Waals surface area contributed by atoms with Crippen LogP contribution in [0.25, 0.3) is 11.4 Å². The molecule has 3 heterocycles. The van der Waals surface area contributed by atoms with E-state index in [-0.39, 0.29) is 23.9 Å². The third-order valence-electron chi connectivity index (χ3n) is 5.76. The molecule has 0 bridgehead atoms. The summed E-state index contributed by atoms with van der Waals surface area (Å²) in [5.41, 5.74) is 1.36. The largest absolute Gasteiger partial charge is 0.467 e. The number of benzene rings is 2. The minimum Gasteiger partial charge on any atom is -0.467 e. The molecule has 8 nitrogen and oxygen atoms in total. The molecule has 1 aliphatic rings. The van der Waals surface area contributed by atoms with E-state index in [2.05, 4.69) is 42.0 Å². The first-order chi connectivity index (χ1) is 17.3. The molecule has 0 radical (unpaired) electrons. The second kappa shape index (κ2) is 9.84. The molecule has 0 amide bonds. The van der Waals surface area contributed by atoms with E-state index in [1.165, 1.54) is 17.8 Å². The highest BCUT2D eigenvalue weighted by Gasteiger charge is 2.30. The molecule has 0 saturated carbocycles. The summed E-state index contributed by atoms with van der Waals surface area (Å²) >= 11 is 0. The Kier molecular flexibility index (Phi) is 6.45. The highest BCUT2D eigenvalue weighted by atomic mass is 19.4. The van der Waals surface area contributed by atoms with Gasteiger partial charge in [-0.1, -0.05) is 35.5 Å². The zero-order chi connectivity index (χ0) is 25.1. The molecule has 4 aromatic rings. The monoisotopic (exact) mass is 496 g/mol. The fourth-order valence-electron chi connectivity index (χ4n) is 3.94. The number of rotatable bonds is 6. The molecule has 0 atom stereocenters. The molecule has 2 aromatic carbocycles. The van der Waals surface area contributed by atoms with Gasteiger partial charge in [-0.25, -0.2) is 4.98 Å². The Hall–Kier alpha value is -4.15. The van der Waals surface area contributed by atoms with Gasteiger partial charge in [0.25, 0.3) is 5.89 Å². The SMILES string of the molecule is Cc1cc(OCc2nc(-c3cccc(C(F)(F)F)c3)no2)nc(N2CCN(c3ccccc3)CC2)n1. The van der Waals surface area contributed by atoms with Crippen LogP contribution < -0.4 is 14.5 Å². The van der Waals surface area contributed by atoms with Crippen LogP contribution in [0.4, 0.5) is 24.8 Å². The molecule has 1 fully saturated rings. The lowest BCUT2D eigenvalue weighted by Crippen LogP contribution is -2.47. The van der Waals surface area contributed by atoms with Gasteiger partial charge in [0.2, 0.25) is 17.7 Å². The predicted octanol–water partition coefficient (Wildman–Crippen LogP) is 4.76. The van der Waals surface area contributed by atoms with E-state index < -0.39 is 11.7 Å². The first-order valence-electron chi connectivity index (χ1n) is 11.4. The molecular formula is C25H23F3N6O2. The molecule has 11 heteroatoms. The van der Waals surface area contributed by atoms with Gasteiger partial charge in [0, 0.05) is 49.2 Å². The number of alkyl halides is 3. The van der Waals surface area contributed by atoms with Gasteiger partial charge in [0.05, 0.1) is 5.56 Å². The van der Waals surface area contributed by atoms with Gasteiger partial charge in [-0.2, -0.15) is 23.1 Å². The number of piperazine rings is 1. The van der Waals surface area contributed by atoms with Crippen molar-refractivity contribution < 1.29 is 22.4 Å². The lowest BCUT2D eigenvalue weighted by atomic mass is 10.1. The average molecular weight is 496 g/mol. The van der Waals surface area contributed by atoms with Gasteiger partial charge >= 0.3 is 6.18 Å². The van der Waals surface area contributed by atoms with Crippen molar-refractivity contribution in [1.82, 2.24) is 20.1 Å². The zero-order valence-corrected chi connectivity index (χ0v) is 19.4. The van der Waals surface area contributed by atoms with Crippen LogP contribution in [0.2, 0.25) is 0 Å². The van der Waals surface area contributed by atoms with Crippen molar-refractivity contribution in [2.75, 3.05) is 36.0 Å². The molecule has 1 aliphatic heterocycles. The fourth-order valence-corrected chi connectivity index (χ4v) is 3.94. The lowest BCUT2D eigenvalue weighted by molar-refractivity contribution is -0.137. The van der Waals surface area contributed by atoms with Gasteiger partial charge in [0.1, 0.15) is 0 Å². The molecule has 2 aromatic heterocycles. The quantitative estimate of drug-likeness (QED) is 0.378. The number of halogens is 3. The summed E-state index contributed by atoms with van der Waals surface area (Å²) in [5, 5.41) is 3.78. The summed E-state index contributed by atoms with van der Waals surface area (Å²) in [6.07, 6.45) is -4.46. The fraction of sp³-hybridized carbons (Fsp3) is 0.280. The van der Waals surface area contributed by atoms with E-state index in [9.17, 15) is 13.2 Å². The smallest absolute Gasteiger partial charge is 0.416 e. The summed E-state index contributed by atoms with van der Waals surface area (Å²) in [5.74, 6) is 1.10. The second-order valence-electron chi connectivity index (χ2n) is 8.34. The van der Waals surface area contributed by atoms with E-state index in [0.717, 1.165) is 44.0 Å². The maximum atomic E-state index is 13.0. The Labute approximate surface area is 205 Å². The molecule has 0 spiro atoms. The Bertz CT molecular complexity index is 1320. The lowest BCUT2D eigenvalue weighted by Gasteiger charge is -2.36. The third-order valence-corrected chi connectivity index (χ3v) is 5.76.